The van der Waals surface area contributed by atoms with Crippen molar-refractivity contribution in [3.63, 3.8) is 0 Å². The smallest absolute Gasteiger partial charge is 0.348 e. The fourth-order valence-electron chi connectivity index (χ4n) is 4.06. The van der Waals surface area contributed by atoms with Gasteiger partial charge in [-0.25, -0.2) is 9.78 Å². The number of nitrogens with one attached hydrogen (secondary N) is 1. The molecular weight excluding hydrogens is 468 g/mol. The second kappa shape index (κ2) is 11.1. The van der Waals surface area contributed by atoms with Crippen molar-refractivity contribution < 1.29 is 19.1 Å². The van der Waals surface area contributed by atoms with E-state index in [1.165, 1.54) is 10.1 Å². The number of aryl methyl sites for hydroxylation is 2. The lowest BCUT2D eigenvalue weighted by atomic mass is 10.1. The quantitative estimate of drug-likeness (QED) is 0.476. The van der Waals surface area contributed by atoms with Crippen LogP contribution >= 0.6 is 11.3 Å². The molecule has 10 heteroatoms. The minimum atomic E-state index is -0.470. The van der Waals surface area contributed by atoms with E-state index in [1.807, 2.05) is 24.3 Å². The number of aromatic nitrogens is 2. The van der Waals surface area contributed by atoms with Crippen LogP contribution in [0.1, 0.15) is 40.5 Å². The zero-order valence-electron chi connectivity index (χ0n) is 20.3. The number of anilines is 1. The Morgan fingerprint density at radius 3 is 2.54 bits per heavy atom. The van der Waals surface area contributed by atoms with Gasteiger partial charge >= 0.3 is 5.97 Å². The molecule has 3 heterocycles. The summed E-state index contributed by atoms with van der Waals surface area (Å²) in [5.74, 6) is -0.307. The van der Waals surface area contributed by atoms with Gasteiger partial charge in [-0.1, -0.05) is 19.1 Å². The highest BCUT2D eigenvalue weighted by Gasteiger charge is 2.24. The molecular formula is C25H30N4O5S. The Bertz CT molecular complexity index is 1280. The van der Waals surface area contributed by atoms with E-state index in [-0.39, 0.29) is 24.6 Å². The summed E-state index contributed by atoms with van der Waals surface area (Å²) in [6.07, 6.45) is 0.911. The maximum atomic E-state index is 13.6. The summed E-state index contributed by atoms with van der Waals surface area (Å²) in [5, 5.41) is 3.22. The molecule has 1 fully saturated rings. The van der Waals surface area contributed by atoms with E-state index in [9.17, 15) is 14.4 Å². The summed E-state index contributed by atoms with van der Waals surface area (Å²) in [6, 6.07) is 7.63. The molecule has 0 atom stereocenters. The van der Waals surface area contributed by atoms with Gasteiger partial charge in [-0.3, -0.25) is 19.1 Å². The second-order valence-electron chi connectivity index (χ2n) is 8.36. The van der Waals surface area contributed by atoms with Gasteiger partial charge in [0.1, 0.15) is 22.1 Å². The average Bonchev–Trinajstić information content (AvgIpc) is 3.19. The third kappa shape index (κ3) is 5.61. The number of fused-ring (bicyclic) bond motifs is 1. The number of nitrogens with zero attached hydrogens (tertiary/aromatic N) is 3. The second-order valence-corrected chi connectivity index (χ2v) is 9.36. The molecule has 186 valence electrons. The minimum absolute atomic E-state index is 0.180. The maximum Gasteiger partial charge on any atom is 0.348 e. The lowest BCUT2D eigenvalue weighted by molar-refractivity contribution is -0.116. The summed E-state index contributed by atoms with van der Waals surface area (Å²) >= 11 is 1.15. The average molecular weight is 499 g/mol. The molecule has 4 rings (SSSR count). The van der Waals surface area contributed by atoms with E-state index in [2.05, 4.69) is 17.1 Å². The maximum absolute atomic E-state index is 13.6. The Balaban J connectivity index is 1.70. The number of morpholine rings is 1. The fraction of sp³-hybridized carbons (Fsp3) is 0.440. The Labute approximate surface area is 207 Å². The SMILES string of the molecule is CCOC(=O)c1sc2nc(CN3CCOCC3)n(CC(=O)Nc3ccc(CC)cc3)c(=O)c2c1C. The van der Waals surface area contributed by atoms with Crippen molar-refractivity contribution in [2.24, 2.45) is 0 Å². The summed E-state index contributed by atoms with van der Waals surface area (Å²) in [5.41, 5.74) is 2.04. The number of amides is 1. The van der Waals surface area contributed by atoms with Crippen LogP contribution in [-0.4, -0.2) is 59.2 Å². The van der Waals surface area contributed by atoms with Crippen molar-refractivity contribution in [3.8, 4) is 0 Å². The highest BCUT2D eigenvalue weighted by Crippen LogP contribution is 2.28. The Kier molecular flexibility index (Phi) is 7.94. The van der Waals surface area contributed by atoms with Crippen molar-refractivity contribution in [1.82, 2.24) is 14.5 Å². The van der Waals surface area contributed by atoms with E-state index in [0.717, 1.165) is 17.8 Å². The van der Waals surface area contributed by atoms with E-state index in [0.29, 0.717) is 65.0 Å². The first-order valence-electron chi connectivity index (χ1n) is 11.8. The summed E-state index contributed by atoms with van der Waals surface area (Å²) in [4.78, 5) is 46.7. The van der Waals surface area contributed by atoms with Crippen molar-refractivity contribution in [3.05, 3.63) is 56.4 Å². The lowest BCUT2D eigenvalue weighted by Crippen LogP contribution is -2.39. The first-order chi connectivity index (χ1) is 16.9. The van der Waals surface area contributed by atoms with Gasteiger partial charge in [0, 0.05) is 18.8 Å². The Morgan fingerprint density at radius 2 is 1.89 bits per heavy atom. The van der Waals surface area contributed by atoms with Crippen LogP contribution in [0.15, 0.2) is 29.1 Å². The number of hydrogen-bond donors (Lipinski definition) is 1. The van der Waals surface area contributed by atoms with E-state index >= 15 is 0 Å². The molecule has 9 nitrogen and oxygen atoms in total. The molecule has 0 spiro atoms. The molecule has 1 N–H and O–H groups in total. The molecule has 1 aliphatic heterocycles. The zero-order valence-corrected chi connectivity index (χ0v) is 21.1. The molecule has 0 radical (unpaired) electrons. The van der Waals surface area contributed by atoms with Crippen molar-refractivity contribution in [2.45, 2.75) is 40.3 Å². The summed E-state index contributed by atoms with van der Waals surface area (Å²) in [6.45, 7) is 8.61. The molecule has 1 aromatic carbocycles. The van der Waals surface area contributed by atoms with Crippen molar-refractivity contribution in [2.75, 3.05) is 38.2 Å². The van der Waals surface area contributed by atoms with Crippen LogP contribution in [0.3, 0.4) is 0 Å². The third-order valence-corrected chi connectivity index (χ3v) is 7.17. The van der Waals surface area contributed by atoms with Gasteiger partial charge in [-0.15, -0.1) is 11.3 Å². The zero-order chi connectivity index (χ0) is 24.9. The Morgan fingerprint density at radius 1 is 1.17 bits per heavy atom. The molecule has 2 aromatic heterocycles. The van der Waals surface area contributed by atoms with Crippen LogP contribution in [0.25, 0.3) is 10.2 Å². The predicted octanol–water partition coefficient (Wildman–Crippen LogP) is 2.98. The topological polar surface area (TPSA) is 103 Å². The standard InChI is InChI=1S/C25H30N4O5S/c1-4-17-6-8-18(9-7-17)26-20(30)15-29-19(14-28-10-12-33-13-11-28)27-23-21(24(29)31)16(3)22(35-23)25(32)34-5-2/h6-9H,4-5,10-15H2,1-3H3,(H,26,30). The number of rotatable bonds is 8. The van der Waals surface area contributed by atoms with Crippen LogP contribution in [0.2, 0.25) is 0 Å². The minimum Gasteiger partial charge on any atom is -0.462 e. The van der Waals surface area contributed by atoms with Crippen LogP contribution in [0, 0.1) is 6.92 Å². The Hall–Kier alpha value is -3.08. The lowest BCUT2D eigenvalue weighted by Gasteiger charge is -2.27. The van der Waals surface area contributed by atoms with Gasteiger partial charge in [-0.2, -0.15) is 0 Å². The molecule has 0 bridgehead atoms. The fourth-order valence-corrected chi connectivity index (χ4v) is 5.15. The normalized spacial score (nSPS) is 14.3. The third-order valence-electron chi connectivity index (χ3n) is 6.01. The molecule has 1 aliphatic rings. The van der Waals surface area contributed by atoms with E-state index in [1.54, 1.807) is 13.8 Å². The van der Waals surface area contributed by atoms with Gasteiger partial charge in [0.05, 0.1) is 31.8 Å². The van der Waals surface area contributed by atoms with Crippen LogP contribution < -0.4 is 10.9 Å². The molecule has 3 aromatic rings. The van der Waals surface area contributed by atoms with Gasteiger partial charge in [0.25, 0.3) is 5.56 Å². The van der Waals surface area contributed by atoms with Crippen molar-refractivity contribution >= 4 is 39.1 Å². The predicted molar refractivity (Wildman–Crippen MR) is 135 cm³/mol. The molecule has 35 heavy (non-hydrogen) atoms. The van der Waals surface area contributed by atoms with Crippen LogP contribution in [0.5, 0.6) is 0 Å². The highest BCUT2D eigenvalue weighted by molar-refractivity contribution is 7.20. The molecule has 0 unspecified atom stereocenters. The first kappa shape index (κ1) is 25.0. The first-order valence-corrected chi connectivity index (χ1v) is 12.6. The van der Waals surface area contributed by atoms with Gasteiger partial charge in [-0.05, 0) is 43.5 Å². The van der Waals surface area contributed by atoms with Gasteiger partial charge in [0.15, 0.2) is 0 Å². The van der Waals surface area contributed by atoms with Gasteiger partial charge < -0.3 is 14.8 Å². The molecule has 0 aliphatic carbocycles. The number of carbonyl (C=O) groups excluding carboxylic acids is 2. The summed E-state index contributed by atoms with van der Waals surface area (Å²) in [7, 11) is 0. The monoisotopic (exact) mass is 498 g/mol. The number of carbonyl (C=O) groups is 2. The molecule has 0 saturated carbocycles. The van der Waals surface area contributed by atoms with E-state index in [4.69, 9.17) is 14.5 Å². The number of benzene rings is 1. The number of esters is 1. The van der Waals surface area contributed by atoms with Crippen LogP contribution in [-0.2, 0) is 33.8 Å². The molecule has 1 amide bonds. The van der Waals surface area contributed by atoms with Gasteiger partial charge in [0.2, 0.25) is 5.91 Å². The number of thiophene rings is 1. The molecule has 1 saturated heterocycles. The van der Waals surface area contributed by atoms with E-state index < -0.39 is 5.97 Å². The number of hydrogen-bond acceptors (Lipinski definition) is 8. The number of ether oxygens (including phenoxy) is 2. The van der Waals surface area contributed by atoms with Crippen LogP contribution in [0.4, 0.5) is 5.69 Å². The highest BCUT2D eigenvalue weighted by atomic mass is 32.1. The summed E-state index contributed by atoms with van der Waals surface area (Å²) < 4.78 is 12.0. The largest absolute Gasteiger partial charge is 0.462 e. The van der Waals surface area contributed by atoms with Crippen molar-refractivity contribution in [1.29, 1.82) is 0 Å².